The van der Waals surface area contributed by atoms with E-state index in [1.165, 1.54) is 32.1 Å². The Morgan fingerprint density at radius 3 is 2.67 bits per heavy atom. The molecule has 1 aliphatic carbocycles. The number of benzene rings is 1. The molecule has 1 aliphatic rings. The summed E-state index contributed by atoms with van der Waals surface area (Å²) in [4.78, 5) is 10.8. The third-order valence-corrected chi connectivity index (χ3v) is 3.83. The molecule has 0 aliphatic heterocycles. The number of carboxylic acids is 1. The first-order valence-corrected chi connectivity index (χ1v) is 6.81. The average molecular weight is 268 g/mol. The molecule has 3 nitrogen and oxygen atoms in total. The maximum absolute atomic E-state index is 10.8. The number of anilines is 1. The second kappa shape index (κ2) is 6.10. The number of halogens is 1. The van der Waals surface area contributed by atoms with Gasteiger partial charge >= 0.3 is 5.97 Å². The van der Waals surface area contributed by atoms with Crippen LogP contribution in [0.25, 0.3) is 0 Å². The summed E-state index contributed by atoms with van der Waals surface area (Å²) in [7, 11) is 0. The molecule has 1 fully saturated rings. The molecule has 0 spiro atoms. The second-order valence-corrected chi connectivity index (χ2v) is 5.29. The molecule has 0 radical (unpaired) electrons. The molecule has 0 aromatic heterocycles. The summed E-state index contributed by atoms with van der Waals surface area (Å²) in [6, 6.07) is 5.01. The standard InChI is InChI=1S/C14H18ClNO2/c15-13-8-11(6-7-12(13)14(17)18)16-9-10-4-2-1-3-5-10/h6-8,10,16H,1-5,9H2,(H,17,18). The number of aromatic carboxylic acids is 1. The van der Waals surface area contributed by atoms with Crippen LogP contribution in [0.3, 0.4) is 0 Å². The van der Waals surface area contributed by atoms with Crippen molar-refractivity contribution in [3.8, 4) is 0 Å². The van der Waals surface area contributed by atoms with Crippen molar-refractivity contribution in [2.45, 2.75) is 32.1 Å². The Kier molecular flexibility index (Phi) is 4.48. The van der Waals surface area contributed by atoms with Crippen LogP contribution in [0.1, 0.15) is 42.5 Å². The third kappa shape index (κ3) is 3.39. The van der Waals surface area contributed by atoms with Crippen LogP contribution in [-0.2, 0) is 0 Å². The molecule has 0 unspecified atom stereocenters. The molecular formula is C14H18ClNO2. The highest BCUT2D eigenvalue weighted by molar-refractivity contribution is 6.33. The van der Waals surface area contributed by atoms with E-state index in [0.29, 0.717) is 0 Å². The number of carbonyl (C=O) groups is 1. The monoisotopic (exact) mass is 267 g/mol. The Bertz CT molecular complexity index is 428. The van der Waals surface area contributed by atoms with Crippen molar-refractivity contribution in [2.75, 3.05) is 11.9 Å². The van der Waals surface area contributed by atoms with Gasteiger partial charge in [0.05, 0.1) is 10.6 Å². The van der Waals surface area contributed by atoms with Crippen molar-refractivity contribution < 1.29 is 9.90 Å². The normalized spacial score (nSPS) is 16.5. The van der Waals surface area contributed by atoms with E-state index >= 15 is 0 Å². The van der Waals surface area contributed by atoms with E-state index in [0.717, 1.165) is 18.2 Å². The Labute approximate surface area is 112 Å². The van der Waals surface area contributed by atoms with Gasteiger partial charge < -0.3 is 10.4 Å². The molecule has 0 bridgehead atoms. The van der Waals surface area contributed by atoms with E-state index in [9.17, 15) is 4.79 Å². The van der Waals surface area contributed by atoms with Crippen LogP contribution in [0.4, 0.5) is 5.69 Å². The zero-order valence-corrected chi connectivity index (χ0v) is 11.0. The fourth-order valence-corrected chi connectivity index (χ4v) is 2.71. The SMILES string of the molecule is O=C(O)c1ccc(NCC2CCCCC2)cc1Cl. The van der Waals surface area contributed by atoms with E-state index in [-0.39, 0.29) is 10.6 Å². The Balaban J connectivity index is 1.93. The molecule has 4 heteroatoms. The van der Waals surface area contributed by atoms with Crippen LogP contribution in [-0.4, -0.2) is 17.6 Å². The zero-order valence-electron chi connectivity index (χ0n) is 10.3. The van der Waals surface area contributed by atoms with Gasteiger partial charge in [-0.15, -0.1) is 0 Å². The lowest BCUT2D eigenvalue weighted by molar-refractivity contribution is 0.0697. The molecule has 0 amide bonds. The van der Waals surface area contributed by atoms with Crippen molar-refractivity contribution in [3.63, 3.8) is 0 Å². The van der Waals surface area contributed by atoms with E-state index < -0.39 is 5.97 Å². The first-order valence-electron chi connectivity index (χ1n) is 6.43. The number of nitrogens with one attached hydrogen (secondary N) is 1. The van der Waals surface area contributed by atoms with E-state index in [2.05, 4.69) is 5.32 Å². The molecule has 1 saturated carbocycles. The minimum atomic E-state index is -0.987. The van der Waals surface area contributed by atoms with Gasteiger partial charge in [0, 0.05) is 12.2 Å². The third-order valence-electron chi connectivity index (χ3n) is 3.52. The van der Waals surface area contributed by atoms with Crippen LogP contribution in [0.5, 0.6) is 0 Å². The molecule has 1 aromatic rings. The molecule has 0 saturated heterocycles. The van der Waals surface area contributed by atoms with Crippen LogP contribution in [0.2, 0.25) is 5.02 Å². The smallest absolute Gasteiger partial charge is 0.337 e. The van der Waals surface area contributed by atoms with E-state index in [1.807, 2.05) is 0 Å². The van der Waals surface area contributed by atoms with Crippen molar-refractivity contribution in [1.82, 2.24) is 0 Å². The minimum Gasteiger partial charge on any atom is -0.478 e. The molecule has 2 rings (SSSR count). The first kappa shape index (κ1) is 13.2. The fraction of sp³-hybridized carbons (Fsp3) is 0.500. The van der Waals surface area contributed by atoms with Gasteiger partial charge in [0.2, 0.25) is 0 Å². The summed E-state index contributed by atoms with van der Waals surface area (Å²) >= 11 is 5.93. The van der Waals surface area contributed by atoms with Gasteiger partial charge in [0.1, 0.15) is 0 Å². The molecule has 98 valence electrons. The molecule has 0 heterocycles. The lowest BCUT2D eigenvalue weighted by Gasteiger charge is -2.22. The second-order valence-electron chi connectivity index (χ2n) is 4.88. The minimum absolute atomic E-state index is 0.153. The van der Waals surface area contributed by atoms with Crippen LogP contribution in [0, 0.1) is 5.92 Å². The van der Waals surface area contributed by atoms with Gasteiger partial charge in [-0.2, -0.15) is 0 Å². The van der Waals surface area contributed by atoms with Crippen molar-refractivity contribution in [3.05, 3.63) is 28.8 Å². The molecule has 2 N–H and O–H groups in total. The largest absolute Gasteiger partial charge is 0.478 e. The summed E-state index contributed by atoms with van der Waals surface area (Å²) in [5, 5.41) is 12.5. The van der Waals surface area contributed by atoms with Gasteiger partial charge in [-0.05, 0) is 37.0 Å². The van der Waals surface area contributed by atoms with Crippen molar-refractivity contribution in [2.24, 2.45) is 5.92 Å². The van der Waals surface area contributed by atoms with E-state index in [4.69, 9.17) is 16.7 Å². The van der Waals surface area contributed by atoms with Crippen molar-refractivity contribution >= 4 is 23.3 Å². The summed E-state index contributed by atoms with van der Waals surface area (Å²) < 4.78 is 0. The number of carboxylic acid groups (broad SMARTS) is 1. The Hall–Kier alpha value is -1.22. The predicted octanol–water partition coefficient (Wildman–Crippen LogP) is 4.03. The number of rotatable bonds is 4. The van der Waals surface area contributed by atoms with Gasteiger partial charge in [0.25, 0.3) is 0 Å². The molecule has 0 atom stereocenters. The van der Waals surface area contributed by atoms with Crippen LogP contribution >= 0.6 is 11.6 Å². The first-order chi connectivity index (χ1) is 8.66. The van der Waals surface area contributed by atoms with Gasteiger partial charge in [0.15, 0.2) is 0 Å². The maximum Gasteiger partial charge on any atom is 0.337 e. The number of hydrogen-bond donors (Lipinski definition) is 2. The average Bonchev–Trinajstić information content (AvgIpc) is 2.37. The predicted molar refractivity (Wildman–Crippen MR) is 73.5 cm³/mol. The summed E-state index contributed by atoms with van der Waals surface area (Å²) in [5.74, 6) is -0.254. The van der Waals surface area contributed by atoms with Gasteiger partial charge in [-0.25, -0.2) is 4.79 Å². The van der Waals surface area contributed by atoms with Crippen molar-refractivity contribution in [1.29, 1.82) is 0 Å². The topological polar surface area (TPSA) is 49.3 Å². The molecule has 18 heavy (non-hydrogen) atoms. The summed E-state index contributed by atoms with van der Waals surface area (Å²) in [6.45, 7) is 0.947. The summed E-state index contributed by atoms with van der Waals surface area (Å²) in [5.41, 5.74) is 1.05. The highest BCUT2D eigenvalue weighted by Crippen LogP contribution is 2.25. The quantitative estimate of drug-likeness (QED) is 0.866. The maximum atomic E-state index is 10.8. The lowest BCUT2D eigenvalue weighted by Crippen LogP contribution is -2.17. The zero-order chi connectivity index (χ0) is 13.0. The van der Waals surface area contributed by atoms with E-state index in [1.54, 1.807) is 18.2 Å². The Morgan fingerprint density at radius 2 is 2.06 bits per heavy atom. The highest BCUT2D eigenvalue weighted by Gasteiger charge is 2.13. The van der Waals surface area contributed by atoms with Crippen LogP contribution in [0.15, 0.2) is 18.2 Å². The Morgan fingerprint density at radius 1 is 1.33 bits per heavy atom. The highest BCUT2D eigenvalue weighted by atomic mass is 35.5. The lowest BCUT2D eigenvalue weighted by atomic mass is 9.89. The van der Waals surface area contributed by atoms with Gasteiger partial charge in [-0.3, -0.25) is 0 Å². The van der Waals surface area contributed by atoms with Crippen LogP contribution < -0.4 is 5.32 Å². The summed E-state index contributed by atoms with van der Waals surface area (Å²) in [6.07, 6.45) is 6.58. The fourth-order valence-electron chi connectivity index (χ4n) is 2.45. The number of hydrogen-bond acceptors (Lipinski definition) is 2. The van der Waals surface area contributed by atoms with Gasteiger partial charge in [-0.1, -0.05) is 30.9 Å². The molecule has 1 aromatic carbocycles. The molecular weight excluding hydrogens is 250 g/mol.